The summed E-state index contributed by atoms with van der Waals surface area (Å²) in [6, 6.07) is 11.3. The van der Waals surface area contributed by atoms with E-state index in [0.717, 1.165) is 28.1 Å². The van der Waals surface area contributed by atoms with E-state index in [9.17, 15) is 18.0 Å². The van der Waals surface area contributed by atoms with Crippen molar-refractivity contribution in [2.24, 2.45) is 0 Å². The van der Waals surface area contributed by atoms with Crippen LogP contribution in [0.2, 0.25) is 5.02 Å². The number of hydrogen-bond donors (Lipinski definition) is 1. The van der Waals surface area contributed by atoms with Crippen molar-refractivity contribution in [3.05, 3.63) is 58.6 Å². The Morgan fingerprint density at radius 2 is 1.81 bits per heavy atom. The molecule has 2 rings (SSSR count). The van der Waals surface area contributed by atoms with Crippen molar-refractivity contribution in [1.29, 1.82) is 0 Å². The van der Waals surface area contributed by atoms with Crippen molar-refractivity contribution in [2.45, 2.75) is 59.2 Å². The molecule has 0 aliphatic rings. The summed E-state index contributed by atoms with van der Waals surface area (Å²) in [7, 11) is -2.40. The molecule has 2 atom stereocenters. The number of benzene rings is 2. The van der Waals surface area contributed by atoms with Crippen molar-refractivity contribution >= 4 is 39.1 Å². The molecule has 0 radical (unpaired) electrons. The zero-order valence-corrected chi connectivity index (χ0v) is 23.3. The summed E-state index contributed by atoms with van der Waals surface area (Å²) >= 11 is 6.23. The maximum atomic E-state index is 13.7. The van der Waals surface area contributed by atoms with Crippen LogP contribution in [0.1, 0.15) is 44.7 Å². The summed E-state index contributed by atoms with van der Waals surface area (Å²) in [6.07, 6.45) is 2.14. The summed E-state index contributed by atoms with van der Waals surface area (Å²) in [5, 5.41) is 3.17. The van der Waals surface area contributed by atoms with Crippen LogP contribution >= 0.6 is 11.6 Å². The van der Waals surface area contributed by atoms with Gasteiger partial charge in [-0.25, -0.2) is 8.42 Å². The number of nitrogens with one attached hydrogen (secondary N) is 1. The van der Waals surface area contributed by atoms with Gasteiger partial charge in [0.25, 0.3) is 0 Å². The first kappa shape index (κ1) is 29.5. The Balaban J connectivity index is 2.47. The molecule has 0 fully saturated rings. The van der Waals surface area contributed by atoms with Crippen LogP contribution in [0.5, 0.6) is 5.75 Å². The number of halogens is 1. The minimum atomic E-state index is -3.85. The molecule has 0 aliphatic carbocycles. The van der Waals surface area contributed by atoms with Crippen LogP contribution in [0.25, 0.3) is 0 Å². The van der Waals surface area contributed by atoms with E-state index in [-0.39, 0.29) is 29.2 Å². The SMILES string of the molecule is CC[C@H](C(=O)N[C@@H](C)CC)N(Cc1cccc(C)c1)C(=O)CN(c1ccc(OC)c(Cl)c1)S(C)(=O)=O. The molecule has 10 heteroatoms. The Hall–Kier alpha value is -2.78. The third-order valence-corrected chi connectivity index (χ3v) is 7.36. The average molecular weight is 538 g/mol. The van der Waals surface area contributed by atoms with Gasteiger partial charge in [0.1, 0.15) is 18.3 Å². The highest BCUT2D eigenvalue weighted by molar-refractivity contribution is 7.92. The van der Waals surface area contributed by atoms with Crippen LogP contribution in [-0.4, -0.2) is 57.1 Å². The molecule has 0 unspecified atom stereocenters. The molecular formula is C26H36ClN3O5S. The maximum Gasteiger partial charge on any atom is 0.244 e. The highest BCUT2D eigenvalue weighted by atomic mass is 35.5. The second-order valence-electron chi connectivity index (χ2n) is 8.84. The van der Waals surface area contributed by atoms with Crippen LogP contribution in [-0.2, 0) is 26.2 Å². The van der Waals surface area contributed by atoms with E-state index in [0.29, 0.717) is 12.2 Å². The molecule has 0 aliphatic heterocycles. The lowest BCUT2D eigenvalue weighted by molar-refractivity contribution is -0.140. The van der Waals surface area contributed by atoms with Gasteiger partial charge in [0.2, 0.25) is 21.8 Å². The second kappa shape index (κ2) is 13.0. The summed E-state index contributed by atoms with van der Waals surface area (Å²) in [6.45, 7) is 7.31. The number of anilines is 1. The normalized spacial score (nSPS) is 13.0. The molecule has 8 nitrogen and oxygen atoms in total. The van der Waals surface area contributed by atoms with Gasteiger partial charge in [0.05, 0.1) is 24.1 Å². The molecule has 0 spiro atoms. The van der Waals surface area contributed by atoms with E-state index in [1.165, 1.54) is 24.1 Å². The minimum Gasteiger partial charge on any atom is -0.495 e. The second-order valence-corrected chi connectivity index (χ2v) is 11.2. The number of sulfonamides is 1. The summed E-state index contributed by atoms with van der Waals surface area (Å²) in [5.74, 6) is -0.389. The number of nitrogens with zero attached hydrogens (tertiary/aromatic N) is 2. The van der Waals surface area contributed by atoms with Crippen molar-refractivity contribution in [3.63, 3.8) is 0 Å². The fourth-order valence-electron chi connectivity index (χ4n) is 3.79. The fraction of sp³-hybridized carbons (Fsp3) is 0.462. The standard InChI is InChI=1S/C26H36ClN3O5S/c1-7-19(4)28-26(32)23(8-2)29(16-20-11-9-10-18(3)14-20)25(31)17-30(36(6,33)34)21-12-13-24(35-5)22(27)15-21/h9-15,19,23H,7-8,16-17H2,1-6H3,(H,28,32)/t19-,23+/m0/s1. The topological polar surface area (TPSA) is 96.0 Å². The average Bonchev–Trinajstić information content (AvgIpc) is 2.81. The zero-order valence-electron chi connectivity index (χ0n) is 21.7. The molecule has 36 heavy (non-hydrogen) atoms. The van der Waals surface area contributed by atoms with E-state index in [1.807, 2.05) is 52.0 Å². The van der Waals surface area contributed by atoms with Crippen LogP contribution in [0.4, 0.5) is 5.69 Å². The molecular weight excluding hydrogens is 502 g/mol. The lowest BCUT2D eigenvalue weighted by Crippen LogP contribution is -2.53. The Kier molecular flexibility index (Phi) is 10.6. The van der Waals surface area contributed by atoms with Gasteiger partial charge in [-0.1, -0.05) is 55.3 Å². The van der Waals surface area contributed by atoms with Gasteiger partial charge in [-0.05, 0) is 50.5 Å². The van der Waals surface area contributed by atoms with Gasteiger partial charge in [-0.2, -0.15) is 0 Å². The Morgan fingerprint density at radius 3 is 2.33 bits per heavy atom. The monoisotopic (exact) mass is 537 g/mol. The van der Waals surface area contributed by atoms with E-state index < -0.39 is 28.5 Å². The van der Waals surface area contributed by atoms with Crippen LogP contribution in [0.3, 0.4) is 0 Å². The van der Waals surface area contributed by atoms with Crippen LogP contribution in [0.15, 0.2) is 42.5 Å². The predicted octanol–water partition coefficient (Wildman–Crippen LogP) is 4.15. The van der Waals surface area contributed by atoms with Crippen LogP contribution < -0.4 is 14.4 Å². The summed E-state index contributed by atoms with van der Waals surface area (Å²) in [4.78, 5) is 28.3. The highest BCUT2D eigenvalue weighted by Gasteiger charge is 2.32. The Labute approximate surface area is 219 Å². The highest BCUT2D eigenvalue weighted by Crippen LogP contribution is 2.30. The van der Waals surface area contributed by atoms with E-state index >= 15 is 0 Å². The number of amides is 2. The number of hydrogen-bond acceptors (Lipinski definition) is 5. The minimum absolute atomic E-state index is 0.0589. The van der Waals surface area contributed by atoms with Gasteiger partial charge < -0.3 is 15.0 Å². The molecule has 2 aromatic carbocycles. The predicted molar refractivity (Wildman–Crippen MR) is 144 cm³/mol. The lowest BCUT2D eigenvalue weighted by atomic mass is 10.1. The molecule has 0 aromatic heterocycles. The third kappa shape index (κ3) is 7.86. The summed E-state index contributed by atoms with van der Waals surface area (Å²) < 4.78 is 31.6. The largest absolute Gasteiger partial charge is 0.495 e. The fourth-order valence-corrected chi connectivity index (χ4v) is 4.89. The molecule has 2 amide bonds. The first-order chi connectivity index (χ1) is 16.9. The van der Waals surface area contributed by atoms with Crippen LogP contribution in [0, 0.1) is 6.92 Å². The van der Waals surface area contributed by atoms with Gasteiger partial charge in [0, 0.05) is 12.6 Å². The Morgan fingerprint density at radius 1 is 1.11 bits per heavy atom. The van der Waals surface area contributed by atoms with E-state index in [2.05, 4.69) is 5.32 Å². The number of methoxy groups -OCH3 is 1. The van der Waals surface area contributed by atoms with Gasteiger partial charge >= 0.3 is 0 Å². The number of rotatable bonds is 12. The number of aryl methyl sites for hydroxylation is 1. The van der Waals surface area contributed by atoms with E-state index in [1.54, 1.807) is 6.07 Å². The van der Waals surface area contributed by atoms with Crippen molar-refractivity contribution in [2.75, 3.05) is 24.2 Å². The molecule has 0 saturated heterocycles. The van der Waals surface area contributed by atoms with Gasteiger partial charge in [0.15, 0.2) is 0 Å². The first-order valence-electron chi connectivity index (χ1n) is 11.9. The Bertz CT molecular complexity index is 1170. The van der Waals surface area contributed by atoms with Crippen molar-refractivity contribution < 1.29 is 22.7 Å². The molecule has 0 bridgehead atoms. The van der Waals surface area contributed by atoms with E-state index in [4.69, 9.17) is 16.3 Å². The zero-order chi connectivity index (χ0) is 27.0. The van der Waals surface area contributed by atoms with Crippen molar-refractivity contribution in [3.8, 4) is 5.75 Å². The number of carbonyl (C=O) groups is 2. The molecule has 2 aromatic rings. The smallest absolute Gasteiger partial charge is 0.244 e. The first-order valence-corrected chi connectivity index (χ1v) is 14.1. The summed E-state index contributed by atoms with van der Waals surface area (Å²) in [5.41, 5.74) is 2.09. The molecule has 0 heterocycles. The molecule has 198 valence electrons. The molecule has 0 saturated carbocycles. The number of carbonyl (C=O) groups excluding carboxylic acids is 2. The van der Waals surface area contributed by atoms with Crippen molar-refractivity contribution in [1.82, 2.24) is 10.2 Å². The van der Waals surface area contributed by atoms with Gasteiger partial charge in [-0.3, -0.25) is 13.9 Å². The lowest BCUT2D eigenvalue weighted by Gasteiger charge is -2.33. The quantitative estimate of drug-likeness (QED) is 0.439. The molecule has 1 N–H and O–H groups in total. The maximum absolute atomic E-state index is 13.7. The third-order valence-electron chi connectivity index (χ3n) is 5.92. The van der Waals surface area contributed by atoms with Gasteiger partial charge in [-0.15, -0.1) is 0 Å². The number of ether oxygens (including phenoxy) is 1.